The van der Waals surface area contributed by atoms with E-state index in [1.54, 1.807) is 0 Å². The number of halogens is 4. The molecule has 9 nitrogen and oxygen atoms in total. The summed E-state index contributed by atoms with van der Waals surface area (Å²) in [5, 5.41) is 2.34. The topological polar surface area (TPSA) is 109 Å². The molecule has 1 aliphatic heterocycles. The number of ether oxygens (including phenoxy) is 1. The van der Waals surface area contributed by atoms with Gasteiger partial charge >= 0.3 is 6.18 Å². The number of aromatic nitrogens is 1. The van der Waals surface area contributed by atoms with E-state index in [2.05, 4.69) is 10.3 Å². The van der Waals surface area contributed by atoms with E-state index in [-0.39, 0.29) is 53.5 Å². The molecule has 0 unspecified atom stereocenters. The number of amides is 1. The molecule has 1 aromatic heterocycles. The summed E-state index contributed by atoms with van der Waals surface area (Å²) in [7, 11) is -2.75. The van der Waals surface area contributed by atoms with E-state index in [0.717, 1.165) is 12.1 Å². The fraction of sp³-hybridized carbons (Fsp3) is 0.240. The molecule has 1 N–H and O–H groups in total. The summed E-state index contributed by atoms with van der Waals surface area (Å²) >= 11 is 5.78. The van der Waals surface area contributed by atoms with Gasteiger partial charge in [0, 0.05) is 49.1 Å². The third-order valence-electron chi connectivity index (χ3n) is 6.02. The van der Waals surface area contributed by atoms with Crippen LogP contribution in [0.4, 0.5) is 24.7 Å². The molecule has 1 fully saturated rings. The van der Waals surface area contributed by atoms with Crippen LogP contribution in [0.25, 0.3) is 0 Å². The highest BCUT2D eigenvalue weighted by molar-refractivity contribution is 7.89. The third kappa shape index (κ3) is 6.32. The Kier molecular flexibility index (Phi) is 8.14. The highest BCUT2D eigenvalue weighted by Gasteiger charge is 2.34. The number of aldehydes is 1. The fourth-order valence-corrected chi connectivity index (χ4v) is 5.74. The van der Waals surface area contributed by atoms with Crippen LogP contribution in [-0.4, -0.2) is 63.2 Å². The average molecular weight is 583 g/mol. The maximum atomic E-state index is 13.4. The number of hydrogen-bond donors (Lipinski definition) is 1. The Labute approximate surface area is 227 Å². The monoisotopic (exact) mass is 582 g/mol. The van der Waals surface area contributed by atoms with E-state index in [4.69, 9.17) is 16.3 Å². The number of benzene rings is 2. The first-order valence-corrected chi connectivity index (χ1v) is 13.3. The van der Waals surface area contributed by atoms with E-state index in [9.17, 15) is 31.2 Å². The standard InChI is InChI=1S/C25H22ClF3N4O5S/c1-38-20-14-19(30-24(35)17-4-2-16(15-34)3-5-17)6-7-21(20)39(36,37)33-10-8-32(9-11-33)23-13-18(25(27,28)29)12-22(26)31-23/h2-7,12-15H,8-11H2,1H3,(H,30,35). The van der Waals surface area contributed by atoms with Gasteiger partial charge in [-0.05, 0) is 36.4 Å². The van der Waals surface area contributed by atoms with Crippen LogP contribution >= 0.6 is 11.6 Å². The number of sulfonamides is 1. The van der Waals surface area contributed by atoms with Crippen molar-refractivity contribution in [1.82, 2.24) is 9.29 Å². The summed E-state index contributed by atoms with van der Waals surface area (Å²) in [5.74, 6) is -0.465. The molecule has 14 heteroatoms. The molecule has 0 spiro atoms. The zero-order valence-electron chi connectivity index (χ0n) is 20.4. The van der Waals surface area contributed by atoms with Gasteiger partial charge in [0.15, 0.2) is 0 Å². The molecule has 206 valence electrons. The molecule has 4 rings (SSSR count). The fourth-order valence-electron chi connectivity index (χ4n) is 3.98. The summed E-state index contributed by atoms with van der Waals surface area (Å²) in [5.41, 5.74) is 0.0548. The second kappa shape index (κ2) is 11.2. The molecule has 3 aromatic rings. The molecule has 2 aromatic carbocycles. The van der Waals surface area contributed by atoms with Crippen molar-refractivity contribution < 1.29 is 35.9 Å². The first-order chi connectivity index (χ1) is 18.4. The number of pyridine rings is 1. The summed E-state index contributed by atoms with van der Waals surface area (Å²) in [6, 6.07) is 11.7. The Bertz CT molecular complexity index is 1490. The Morgan fingerprint density at radius 2 is 1.72 bits per heavy atom. The highest BCUT2D eigenvalue weighted by atomic mass is 35.5. The van der Waals surface area contributed by atoms with Gasteiger partial charge in [-0.25, -0.2) is 13.4 Å². The molecular formula is C25H22ClF3N4O5S. The predicted octanol–water partition coefficient (Wildman–Crippen LogP) is 4.34. The molecule has 0 aliphatic carbocycles. The largest absolute Gasteiger partial charge is 0.495 e. The van der Waals surface area contributed by atoms with Crippen LogP contribution < -0.4 is 15.0 Å². The lowest BCUT2D eigenvalue weighted by atomic mass is 10.1. The van der Waals surface area contributed by atoms with Crippen molar-refractivity contribution in [3.8, 4) is 5.75 Å². The first kappa shape index (κ1) is 28.3. The SMILES string of the molecule is COc1cc(NC(=O)c2ccc(C=O)cc2)ccc1S(=O)(=O)N1CCN(c2cc(C(F)(F)F)cc(Cl)n2)CC1. The minimum Gasteiger partial charge on any atom is -0.495 e. The number of hydrogen-bond acceptors (Lipinski definition) is 7. The van der Waals surface area contributed by atoms with Gasteiger partial charge in [0.25, 0.3) is 5.91 Å². The number of carbonyl (C=O) groups excluding carboxylic acids is 2. The average Bonchev–Trinajstić information content (AvgIpc) is 2.92. The summed E-state index contributed by atoms with van der Waals surface area (Å²) in [6.07, 6.45) is -3.95. The van der Waals surface area contributed by atoms with Crippen molar-refractivity contribution >= 4 is 45.3 Å². The normalized spacial score (nSPS) is 14.6. The molecule has 1 aliphatic rings. The quantitative estimate of drug-likeness (QED) is 0.326. The maximum Gasteiger partial charge on any atom is 0.416 e. The van der Waals surface area contributed by atoms with Crippen molar-refractivity contribution in [1.29, 1.82) is 0 Å². The van der Waals surface area contributed by atoms with Crippen molar-refractivity contribution in [2.45, 2.75) is 11.1 Å². The Hall–Kier alpha value is -3.68. The molecule has 0 bridgehead atoms. The van der Waals surface area contributed by atoms with Crippen molar-refractivity contribution in [3.05, 3.63) is 76.4 Å². The van der Waals surface area contributed by atoms with Crippen LogP contribution in [0.5, 0.6) is 5.75 Å². The number of nitrogens with one attached hydrogen (secondary N) is 1. The van der Waals surface area contributed by atoms with E-state index in [1.165, 1.54) is 58.8 Å². The third-order valence-corrected chi connectivity index (χ3v) is 8.15. The smallest absolute Gasteiger partial charge is 0.416 e. The number of rotatable bonds is 7. The van der Waals surface area contributed by atoms with Gasteiger partial charge in [0.05, 0.1) is 12.7 Å². The molecule has 1 amide bonds. The summed E-state index contributed by atoms with van der Waals surface area (Å²) < 4.78 is 72.8. The van der Waals surface area contributed by atoms with E-state index >= 15 is 0 Å². The molecule has 39 heavy (non-hydrogen) atoms. The van der Waals surface area contributed by atoms with Crippen LogP contribution in [0.3, 0.4) is 0 Å². The zero-order chi connectivity index (χ0) is 28.4. The van der Waals surface area contributed by atoms with Crippen LogP contribution in [0.15, 0.2) is 59.5 Å². The molecule has 1 saturated heterocycles. The van der Waals surface area contributed by atoms with Gasteiger partial charge in [-0.1, -0.05) is 23.7 Å². The second-order valence-electron chi connectivity index (χ2n) is 8.49. The van der Waals surface area contributed by atoms with Crippen molar-refractivity contribution in [2.75, 3.05) is 43.5 Å². The highest BCUT2D eigenvalue weighted by Crippen LogP contribution is 2.34. The molecule has 0 atom stereocenters. The number of methoxy groups -OCH3 is 1. The lowest BCUT2D eigenvalue weighted by Gasteiger charge is -2.35. The van der Waals surface area contributed by atoms with Crippen molar-refractivity contribution in [3.63, 3.8) is 0 Å². The second-order valence-corrected chi connectivity index (χ2v) is 10.8. The van der Waals surface area contributed by atoms with Crippen LogP contribution in [0.1, 0.15) is 26.3 Å². The van der Waals surface area contributed by atoms with E-state index in [1.807, 2.05) is 0 Å². The molecule has 2 heterocycles. The molecule has 0 saturated carbocycles. The summed E-state index contributed by atoms with van der Waals surface area (Å²) in [4.78, 5) is 28.7. The summed E-state index contributed by atoms with van der Waals surface area (Å²) in [6.45, 7) is 0.138. The van der Waals surface area contributed by atoms with Crippen LogP contribution in [0, 0.1) is 0 Å². The minimum absolute atomic E-state index is 0.00198. The number of nitrogens with zero attached hydrogens (tertiary/aromatic N) is 3. The van der Waals surface area contributed by atoms with Crippen molar-refractivity contribution in [2.24, 2.45) is 0 Å². The van der Waals surface area contributed by atoms with E-state index < -0.39 is 27.7 Å². The lowest BCUT2D eigenvalue weighted by Crippen LogP contribution is -2.49. The van der Waals surface area contributed by atoms with Gasteiger partial charge in [-0.3, -0.25) is 9.59 Å². The molecule has 0 radical (unpaired) electrons. The maximum absolute atomic E-state index is 13.4. The van der Waals surface area contributed by atoms with Crippen LogP contribution in [-0.2, 0) is 16.2 Å². The first-order valence-electron chi connectivity index (χ1n) is 11.5. The number of piperazine rings is 1. The van der Waals surface area contributed by atoms with Gasteiger partial charge in [0.2, 0.25) is 10.0 Å². The minimum atomic E-state index is -4.60. The zero-order valence-corrected chi connectivity index (χ0v) is 22.0. The predicted molar refractivity (Wildman–Crippen MR) is 138 cm³/mol. The Balaban J connectivity index is 1.48. The number of anilines is 2. The Morgan fingerprint density at radius 1 is 1.05 bits per heavy atom. The van der Waals surface area contributed by atoms with Gasteiger partial charge in [-0.2, -0.15) is 17.5 Å². The number of carbonyl (C=O) groups is 2. The number of alkyl halides is 3. The lowest BCUT2D eigenvalue weighted by molar-refractivity contribution is -0.137. The Morgan fingerprint density at radius 3 is 2.31 bits per heavy atom. The van der Waals surface area contributed by atoms with Gasteiger partial charge in [-0.15, -0.1) is 0 Å². The van der Waals surface area contributed by atoms with E-state index in [0.29, 0.717) is 17.4 Å². The molecular weight excluding hydrogens is 561 g/mol. The van der Waals surface area contributed by atoms with Gasteiger partial charge in [0.1, 0.15) is 27.9 Å². The van der Waals surface area contributed by atoms with Crippen LogP contribution in [0.2, 0.25) is 5.15 Å². The van der Waals surface area contributed by atoms with Gasteiger partial charge < -0.3 is 15.0 Å².